The molecule has 1 fully saturated rings. The largest absolute Gasteiger partial charge is 0.416 e. The van der Waals surface area contributed by atoms with Crippen molar-refractivity contribution in [2.24, 2.45) is 0 Å². The van der Waals surface area contributed by atoms with E-state index in [4.69, 9.17) is 16.7 Å². The maximum atomic E-state index is 12.7. The molecule has 0 aromatic carbocycles. The van der Waals surface area contributed by atoms with Crippen molar-refractivity contribution < 1.29 is 18.3 Å². The van der Waals surface area contributed by atoms with Crippen LogP contribution in [0.4, 0.5) is 19.0 Å². The predicted octanol–water partition coefficient (Wildman–Crippen LogP) is 3.11. The van der Waals surface area contributed by atoms with Crippen LogP contribution < -0.4 is 4.90 Å². The van der Waals surface area contributed by atoms with Gasteiger partial charge in [0, 0.05) is 12.6 Å². The van der Waals surface area contributed by atoms with Crippen molar-refractivity contribution in [1.82, 2.24) is 4.98 Å². The summed E-state index contributed by atoms with van der Waals surface area (Å²) in [6, 6.07) is 1.93. The molecular formula is C12H14ClF3N2O. The van der Waals surface area contributed by atoms with Crippen molar-refractivity contribution in [3.8, 4) is 0 Å². The zero-order chi connectivity index (χ0) is 14.0. The quantitative estimate of drug-likeness (QED) is 0.867. The Morgan fingerprint density at radius 2 is 2.05 bits per heavy atom. The summed E-state index contributed by atoms with van der Waals surface area (Å²) in [5.74, 6) is 0.179. The van der Waals surface area contributed by atoms with Crippen LogP contribution in [0.2, 0.25) is 5.15 Å². The van der Waals surface area contributed by atoms with Gasteiger partial charge in [-0.1, -0.05) is 11.6 Å². The second-order valence-corrected chi connectivity index (χ2v) is 4.92. The molecule has 1 N–H and O–H groups in total. The number of anilines is 1. The molecule has 0 spiro atoms. The van der Waals surface area contributed by atoms with Crippen LogP contribution in [0.15, 0.2) is 12.1 Å². The molecule has 19 heavy (non-hydrogen) atoms. The molecule has 7 heteroatoms. The fourth-order valence-electron chi connectivity index (χ4n) is 2.08. The van der Waals surface area contributed by atoms with Gasteiger partial charge in [-0.3, -0.25) is 0 Å². The van der Waals surface area contributed by atoms with E-state index in [1.807, 2.05) is 0 Å². The molecule has 0 aliphatic heterocycles. The number of aliphatic hydroxyl groups excluding tert-OH is 1. The summed E-state index contributed by atoms with van der Waals surface area (Å²) in [5.41, 5.74) is -0.815. The topological polar surface area (TPSA) is 36.4 Å². The Labute approximate surface area is 114 Å². The molecule has 106 valence electrons. The van der Waals surface area contributed by atoms with Crippen LogP contribution in [0.5, 0.6) is 0 Å². The van der Waals surface area contributed by atoms with E-state index < -0.39 is 11.7 Å². The first kappa shape index (κ1) is 14.4. The number of alkyl halides is 3. The average molecular weight is 295 g/mol. The molecule has 0 amide bonds. The lowest BCUT2D eigenvalue weighted by Crippen LogP contribution is -2.42. The fraction of sp³-hybridized carbons (Fsp3) is 0.583. The van der Waals surface area contributed by atoms with Crippen LogP contribution >= 0.6 is 11.6 Å². The van der Waals surface area contributed by atoms with E-state index in [9.17, 15) is 13.2 Å². The second-order valence-electron chi connectivity index (χ2n) is 4.54. The Morgan fingerprint density at radius 1 is 1.37 bits per heavy atom. The number of hydrogen-bond donors (Lipinski definition) is 1. The Morgan fingerprint density at radius 3 is 2.53 bits per heavy atom. The maximum Gasteiger partial charge on any atom is 0.416 e. The molecule has 0 atom stereocenters. The van der Waals surface area contributed by atoms with Crippen LogP contribution in [0, 0.1) is 0 Å². The van der Waals surface area contributed by atoms with Gasteiger partial charge < -0.3 is 10.0 Å². The standard InChI is InChI=1S/C12H14ClF3N2O/c13-10-6-8(12(14,15)16)7-11(17-10)18(4-5-19)9-2-1-3-9/h6-7,9,19H,1-5H2. The monoisotopic (exact) mass is 294 g/mol. The predicted molar refractivity (Wildman–Crippen MR) is 66.3 cm³/mol. The smallest absolute Gasteiger partial charge is 0.395 e. The molecule has 1 heterocycles. The van der Waals surface area contributed by atoms with Crippen LogP contribution in [-0.4, -0.2) is 29.3 Å². The molecule has 1 aromatic rings. The Kier molecular flexibility index (Phi) is 4.20. The minimum absolute atomic E-state index is 0.133. The van der Waals surface area contributed by atoms with E-state index in [2.05, 4.69) is 4.98 Å². The first-order valence-corrected chi connectivity index (χ1v) is 6.42. The molecule has 1 aliphatic rings. The number of halogens is 4. The lowest BCUT2D eigenvalue weighted by atomic mass is 9.91. The van der Waals surface area contributed by atoms with Crippen LogP contribution in [0.3, 0.4) is 0 Å². The zero-order valence-electron chi connectivity index (χ0n) is 10.1. The average Bonchev–Trinajstić information content (AvgIpc) is 2.24. The summed E-state index contributed by atoms with van der Waals surface area (Å²) in [5, 5.41) is 8.85. The highest BCUT2D eigenvalue weighted by Crippen LogP contribution is 2.35. The minimum Gasteiger partial charge on any atom is -0.395 e. The Hall–Kier alpha value is -1.01. The summed E-state index contributed by atoms with van der Waals surface area (Å²) >= 11 is 5.67. The molecule has 1 saturated carbocycles. The van der Waals surface area contributed by atoms with Crippen molar-refractivity contribution in [2.75, 3.05) is 18.1 Å². The van der Waals surface area contributed by atoms with Crippen molar-refractivity contribution in [1.29, 1.82) is 0 Å². The molecule has 1 aliphatic carbocycles. The lowest BCUT2D eigenvalue weighted by molar-refractivity contribution is -0.137. The fourth-order valence-corrected chi connectivity index (χ4v) is 2.29. The van der Waals surface area contributed by atoms with Crippen molar-refractivity contribution in [2.45, 2.75) is 31.5 Å². The summed E-state index contributed by atoms with van der Waals surface area (Å²) in [6.07, 6.45) is -1.61. The minimum atomic E-state index is -4.45. The number of aliphatic hydroxyl groups is 1. The molecule has 1 aromatic heterocycles. The number of rotatable bonds is 4. The van der Waals surface area contributed by atoms with Crippen LogP contribution in [0.25, 0.3) is 0 Å². The van der Waals surface area contributed by atoms with Gasteiger partial charge in [-0.25, -0.2) is 4.98 Å². The molecule has 0 bridgehead atoms. The van der Waals surface area contributed by atoms with Crippen molar-refractivity contribution in [3.05, 3.63) is 22.8 Å². The van der Waals surface area contributed by atoms with E-state index in [0.29, 0.717) is 0 Å². The number of nitrogens with zero attached hydrogens (tertiary/aromatic N) is 2. The van der Waals surface area contributed by atoms with Crippen LogP contribution in [-0.2, 0) is 6.18 Å². The highest BCUT2D eigenvalue weighted by atomic mass is 35.5. The number of aromatic nitrogens is 1. The Balaban J connectivity index is 2.33. The molecule has 2 rings (SSSR count). The van der Waals surface area contributed by atoms with E-state index >= 15 is 0 Å². The summed E-state index contributed by atoms with van der Waals surface area (Å²) in [4.78, 5) is 5.65. The molecule has 0 radical (unpaired) electrons. The lowest BCUT2D eigenvalue weighted by Gasteiger charge is -2.38. The van der Waals surface area contributed by atoms with E-state index in [-0.39, 0.29) is 30.2 Å². The normalized spacial score (nSPS) is 16.3. The maximum absolute atomic E-state index is 12.7. The number of hydrogen-bond acceptors (Lipinski definition) is 3. The van der Waals surface area contributed by atoms with Gasteiger partial charge in [0.25, 0.3) is 0 Å². The van der Waals surface area contributed by atoms with Gasteiger partial charge in [0.2, 0.25) is 0 Å². The summed E-state index contributed by atoms with van der Waals surface area (Å²) < 4.78 is 38.2. The van der Waals surface area contributed by atoms with E-state index in [1.165, 1.54) is 0 Å². The third kappa shape index (κ3) is 3.30. The highest BCUT2D eigenvalue weighted by Gasteiger charge is 2.33. The second kappa shape index (κ2) is 5.54. The van der Waals surface area contributed by atoms with Gasteiger partial charge in [-0.05, 0) is 31.4 Å². The summed E-state index contributed by atoms with van der Waals surface area (Å²) in [7, 11) is 0. The third-order valence-electron chi connectivity index (χ3n) is 3.26. The van der Waals surface area contributed by atoms with Gasteiger partial charge in [-0.2, -0.15) is 13.2 Å². The zero-order valence-corrected chi connectivity index (χ0v) is 10.9. The van der Waals surface area contributed by atoms with Gasteiger partial charge in [0.15, 0.2) is 0 Å². The van der Waals surface area contributed by atoms with Gasteiger partial charge in [-0.15, -0.1) is 0 Å². The van der Waals surface area contributed by atoms with Crippen molar-refractivity contribution >= 4 is 17.4 Å². The molecule has 0 unspecified atom stereocenters. The van der Waals surface area contributed by atoms with Gasteiger partial charge in [0.1, 0.15) is 11.0 Å². The van der Waals surface area contributed by atoms with Gasteiger partial charge in [0.05, 0.1) is 12.2 Å². The SMILES string of the molecule is OCCN(c1cc(C(F)(F)F)cc(Cl)n1)C1CCC1. The molecule has 0 saturated heterocycles. The van der Waals surface area contributed by atoms with Crippen molar-refractivity contribution in [3.63, 3.8) is 0 Å². The molecule has 3 nitrogen and oxygen atoms in total. The Bertz CT molecular complexity index is 449. The van der Waals surface area contributed by atoms with E-state index in [1.54, 1.807) is 4.90 Å². The first-order chi connectivity index (χ1) is 8.91. The highest BCUT2D eigenvalue weighted by molar-refractivity contribution is 6.29. The third-order valence-corrected chi connectivity index (χ3v) is 3.45. The van der Waals surface area contributed by atoms with Crippen LogP contribution in [0.1, 0.15) is 24.8 Å². The first-order valence-electron chi connectivity index (χ1n) is 6.04. The van der Waals surface area contributed by atoms with E-state index in [0.717, 1.165) is 31.4 Å². The molecular weight excluding hydrogens is 281 g/mol. The number of pyridine rings is 1. The summed E-state index contributed by atoms with van der Waals surface area (Å²) in [6.45, 7) is 0.126. The van der Waals surface area contributed by atoms with Gasteiger partial charge >= 0.3 is 6.18 Å².